The number of ether oxygens (including phenoxy) is 2. The predicted octanol–water partition coefficient (Wildman–Crippen LogP) is 2.57. The van der Waals surface area contributed by atoms with Crippen LogP contribution in [0.1, 0.15) is 17.3 Å². The van der Waals surface area contributed by atoms with E-state index in [-0.39, 0.29) is 5.41 Å². The molecule has 1 heterocycles. The topological polar surface area (TPSA) is 35.5 Å². The van der Waals surface area contributed by atoms with Gasteiger partial charge in [-0.3, -0.25) is 4.79 Å². The molecule has 0 saturated carbocycles. The summed E-state index contributed by atoms with van der Waals surface area (Å²) in [4.78, 5) is 10.5. The summed E-state index contributed by atoms with van der Waals surface area (Å²) >= 11 is 5.98. The molecule has 1 aromatic carbocycles. The van der Waals surface area contributed by atoms with Gasteiger partial charge in [0.15, 0.2) is 0 Å². The zero-order valence-electron chi connectivity index (χ0n) is 9.03. The number of carbonyl (C=O) groups is 1. The van der Waals surface area contributed by atoms with Crippen molar-refractivity contribution in [1.29, 1.82) is 0 Å². The summed E-state index contributed by atoms with van der Waals surface area (Å²) in [5.41, 5.74) is 0.641. The van der Waals surface area contributed by atoms with Gasteiger partial charge >= 0.3 is 0 Å². The highest BCUT2D eigenvalue weighted by Gasteiger charge is 2.34. The Bertz CT molecular complexity index is 399. The van der Waals surface area contributed by atoms with Crippen molar-refractivity contribution in [2.75, 3.05) is 19.8 Å². The molecule has 1 aliphatic heterocycles. The van der Waals surface area contributed by atoms with Gasteiger partial charge in [-0.15, -0.1) is 0 Å². The highest BCUT2D eigenvalue weighted by atomic mass is 35.5. The van der Waals surface area contributed by atoms with Crippen LogP contribution >= 0.6 is 11.6 Å². The summed E-state index contributed by atoms with van der Waals surface area (Å²) in [5, 5.41) is 0.466. The molecule has 1 fully saturated rings. The summed E-state index contributed by atoms with van der Waals surface area (Å²) in [7, 11) is 0. The normalized spacial score (nSPS) is 17.6. The van der Waals surface area contributed by atoms with Crippen molar-refractivity contribution in [3.63, 3.8) is 0 Å². The molecule has 2 rings (SSSR count). The number of aldehydes is 1. The fourth-order valence-corrected chi connectivity index (χ4v) is 1.74. The van der Waals surface area contributed by atoms with E-state index < -0.39 is 0 Å². The number of benzene rings is 1. The summed E-state index contributed by atoms with van der Waals surface area (Å²) in [6.07, 6.45) is 0.761. The summed E-state index contributed by atoms with van der Waals surface area (Å²) in [6.45, 7) is 4.12. The third-order valence-corrected chi connectivity index (χ3v) is 2.86. The van der Waals surface area contributed by atoms with Crippen LogP contribution < -0.4 is 4.74 Å². The quantitative estimate of drug-likeness (QED) is 0.759. The molecule has 0 spiro atoms. The van der Waals surface area contributed by atoms with Crippen LogP contribution in [0.15, 0.2) is 18.2 Å². The molecule has 0 bridgehead atoms. The predicted molar refractivity (Wildman–Crippen MR) is 61.3 cm³/mol. The van der Waals surface area contributed by atoms with Crippen LogP contribution in [0.4, 0.5) is 0 Å². The minimum absolute atomic E-state index is 0.0899. The molecule has 0 unspecified atom stereocenters. The molecule has 1 aliphatic rings. The monoisotopic (exact) mass is 240 g/mol. The number of halogens is 1. The van der Waals surface area contributed by atoms with E-state index in [2.05, 4.69) is 6.92 Å². The lowest BCUT2D eigenvalue weighted by atomic mass is 9.90. The van der Waals surface area contributed by atoms with E-state index in [9.17, 15) is 4.79 Å². The molecular formula is C12H13ClO3. The molecule has 4 heteroatoms. The van der Waals surface area contributed by atoms with Crippen molar-refractivity contribution in [3.8, 4) is 5.75 Å². The lowest BCUT2D eigenvalue weighted by Crippen LogP contribution is -2.44. The van der Waals surface area contributed by atoms with Gasteiger partial charge < -0.3 is 9.47 Å². The molecule has 0 N–H and O–H groups in total. The molecule has 0 radical (unpaired) electrons. The maximum absolute atomic E-state index is 10.5. The average molecular weight is 241 g/mol. The fourth-order valence-electron chi connectivity index (χ4n) is 1.49. The average Bonchev–Trinajstić information content (AvgIpc) is 2.25. The Labute approximate surface area is 99.3 Å². The Morgan fingerprint density at radius 2 is 2.31 bits per heavy atom. The highest BCUT2D eigenvalue weighted by molar-refractivity contribution is 6.32. The summed E-state index contributed by atoms with van der Waals surface area (Å²) < 4.78 is 10.7. The van der Waals surface area contributed by atoms with Gasteiger partial charge in [0, 0.05) is 11.0 Å². The van der Waals surface area contributed by atoms with E-state index >= 15 is 0 Å². The molecule has 3 nitrogen and oxygen atoms in total. The van der Waals surface area contributed by atoms with Crippen molar-refractivity contribution in [3.05, 3.63) is 28.8 Å². The van der Waals surface area contributed by atoms with Gasteiger partial charge in [0.25, 0.3) is 0 Å². The van der Waals surface area contributed by atoms with Crippen LogP contribution in [-0.2, 0) is 4.74 Å². The Balaban J connectivity index is 2.01. The lowest BCUT2D eigenvalue weighted by molar-refractivity contribution is -0.120. The first-order chi connectivity index (χ1) is 7.63. The van der Waals surface area contributed by atoms with E-state index in [1.165, 1.54) is 0 Å². The smallest absolute Gasteiger partial charge is 0.150 e. The first-order valence-corrected chi connectivity index (χ1v) is 5.46. The summed E-state index contributed by atoms with van der Waals surface area (Å²) in [5.74, 6) is 0.611. The number of carbonyl (C=O) groups excluding carboxylic acids is 1. The van der Waals surface area contributed by atoms with E-state index in [1.807, 2.05) is 0 Å². The zero-order valence-corrected chi connectivity index (χ0v) is 9.79. The van der Waals surface area contributed by atoms with Crippen molar-refractivity contribution in [2.24, 2.45) is 5.41 Å². The SMILES string of the molecule is CC1(COc2ccc(C=O)cc2Cl)COC1. The molecule has 1 aromatic rings. The first-order valence-electron chi connectivity index (χ1n) is 5.08. The van der Waals surface area contributed by atoms with Gasteiger partial charge in [-0.1, -0.05) is 18.5 Å². The highest BCUT2D eigenvalue weighted by Crippen LogP contribution is 2.30. The van der Waals surface area contributed by atoms with Crippen LogP contribution in [0.3, 0.4) is 0 Å². The maximum atomic E-state index is 10.5. The Morgan fingerprint density at radius 3 is 2.81 bits per heavy atom. The van der Waals surface area contributed by atoms with Gasteiger partial charge in [-0.25, -0.2) is 0 Å². The molecule has 0 amide bonds. The molecule has 0 atom stereocenters. The minimum atomic E-state index is 0.0899. The van der Waals surface area contributed by atoms with Crippen molar-refractivity contribution in [1.82, 2.24) is 0 Å². The number of hydrogen-bond acceptors (Lipinski definition) is 3. The van der Waals surface area contributed by atoms with E-state index in [4.69, 9.17) is 21.1 Å². The second kappa shape index (κ2) is 4.44. The van der Waals surface area contributed by atoms with E-state index in [0.29, 0.717) is 22.9 Å². The van der Waals surface area contributed by atoms with Crippen molar-refractivity contribution < 1.29 is 14.3 Å². The largest absolute Gasteiger partial charge is 0.491 e. The lowest BCUT2D eigenvalue weighted by Gasteiger charge is -2.37. The third-order valence-electron chi connectivity index (χ3n) is 2.57. The second-order valence-electron chi connectivity index (χ2n) is 4.40. The second-order valence-corrected chi connectivity index (χ2v) is 4.81. The van der Waals surface area contributed by atoms with Gasteiger partial charge in [0.1, 0.15) is 12.0 Å². The maximum Gasteiger partial charge on any atom is 0.150 e. The Kier molecular flexibility index (Phi) is 3.17. The van der Waals surface area contributed by atoms with Crippen LogP contribution in [0.5, 0.6) is 5.75 Å². The van der Waals surface area contributed by atoms with Crippen LogP contribution in [0, 0.1) is 5.41 Å². The standard InChI is InChI=1S/C12H13ClO3/c1-12(6-15-7-12)8-16-11-3-2-9(5-14)4-10(11)13/h2-5H,6-8H2,1H3. The zero-order chi connectivity index (χ0) is 11.6. The van der Waals surface area contributed by atoms with Gasteiger partial charge in [0.2, 0.25) is 0 Å². The van der Waals surface area contributed by atoms with Crippen LogP contribution in [-0.4, -0.2) is 26.1 Å². The molecule has 86 valence electrons. The molecule has 0 aromatic heterocycles. The van der Waals surface area contributed by atoms with E-state index in [1.54, 1.807) is 18.2 Å². The number of hydrogen-bond donors (Lipinski definition) is 0. The van der Waals surface area contributed by atoms with Crippen LogP contribution in [0.2, 0.25) is 5.02 Å². The number of rotatable bonds is 4. The Hall–Kier alpha value is -1.06. The van der Waals surface area contributed by atoms with Crippen LogP contribution in [0.25, 0.3) is 0 Å². The fraction of sp³-hybridized carbons (Fsp3) is 0.417. The minimum Gasteiger partial charge on any atom is -0.491 e. The molecule has 16 heavy (non-hydrogen) atoms. The van der Waals surface area contributed by atoms with Gasteiger partial charge in [0.05, 0.1) is 24.8 Å². The van der Waals surface area contributed by atoms with Crippen molar-refractivity contribution >= 4 is 17.9 Å². The van der Waals surface area contributed by atoms with Gasteiger partial charge in [-0.2, -0.15) is 0 Å². The molecule has 0 aliphatic carbocycles. The molecule has 1 saturated heterocycles. The summed E-state index contributed by atoms with van der Waals surface area (Å²) in [6, 6.07) is 5.01. The van der Waals surface area contributed by atoms with Crippen molar-refractivity contribution in [2.45, 2.75) is 6.92 Å². The molecular weight excluding hydrogens is 228 g/mol. The van der Waals surface area contributed by atoms with Gasteiger partial charge in [-0.05, 0) is 18.2 Å². The first kappa shape index (κ1) is 11.4. The Morgan fingerprint density at radius 1 is 1.56 bits per heavy atom. The van der Waals surface area contributed by atoms with E-state index in [0.717, 1.165) is 19.5 Å². The third kappa shape index (κ3) is 2.36.